The Bertz CT molecular complexity index is 436. The van der Waals surface area contributed by atoms with E-state index >= 15 is 0 Å². The van der Waals surface area contributed by atoms with E-state index in [2.05, 4.69) is 53.8 Å². The Balaban J connectivity index is 0.00000484. The second-order valence-corrected chi connectivity index (χ2v) is 7.37. The summed E-state index contributed by atoms with van der Waals surface area (Å²) >= 11 is 0. The first kappa shape index (κ1) is 22.7. The van der Waals surface area contributed by atoms with E-state index in [1.54, 1.807) is 7.11 Å². The van der Waals surface area contributed by atoms with Crippen molar-refractivity contribution in [1.82, 2.24) is 0 Å². The molecular formula is C19H34INO2. The van der Waals surface area contributed by atoms with E-state index in [4.69, 9.17) is 9.47 Å². The molecule has 0 aliphatic heterocycles. The van der Waals surface area contributed by atoms with Crippen molar-refractivity contribution in [2.45, 2.75) is 40.7 Å². The van der Waals surface area contributed by atoms with Gasteiger partial charge in [0.2, 0.25) is 0 Å². The van der Waals surface area contributed by atoms with Crippen molar-refractivity contribution < 1.29 is 37.9 Å². The van der Waals surface area contributed by atoms with Crippen LogP contribution in [0.3, 0.4) is 0 Å². The standard InChI is InChI=1S/C19H34NO2.HI/c1-8-20(6,9-2)14-15-22-18(19(3,4)5)16-10-12-17(21-7)13-11-16;/h10-13,18H,8-9,14-15H2,1-7H3;1H/q+1;/p-1. The van der Waals surface area contributed by atoms with Crippen LogP contribution in [0.5, 0.6) is 5.75 Å². The second-order valence-electron chi connectivity index (χ2n) is 7.37. The van der Waals surface area contributed by atoms with Gasteiger partial charge >= 0.3 is 0 Å². The van der Waals surface area contributed by atoms with Gasteiger partial charge in [0.05, 0.1) is 40.0 Å². The molecule has 1 atom stereocenters. The fraction of sp³-hybridized carbons (Fsp3) is 0.684. The Morgan fingerprint density at radius 2 is 1.57 bits per heavy atom. The number of likely N-dealkylation sites (N-methyl/N-ethyl adjacent to an activating group) is 1. The maximum Gasteiger partial charge on any atom is 0.118 e. The van der Waals surface area contributed by atoms with E-state index in [0.717, 1.165) is 36.5 Å². The highest BCUT2D eigenvalue weighted by Crippen LogP contribution is 2.36. The molecule has 0 aliphatic carbocycles. The summed E-state index contributed by atoms with van der Waals surface area (Å²) < 4.78 is 12.6. The number of benzene rings is 1. The van der Waals surface area contributed by atoms with Crippen LogP contribution < -0.4 is 28.7 Å². The Morgan fingerprint density at radius 1 is 1.04 bits per heavy atom. The summed E-state index contributed by atoms with van der Waals surface area (Å²) in [5.41, 5.74) is 1.28. The Morgan fingerprint density at radius 3 is 1.96 bits per heavy atom. The fourth-order valence-corrected chi connectivity index (χ4v) is 2.56. The molecule has 1 aromatic rings. The summed E-state index contributed by atoms with van der Waals surface area (Å²) in [5, 5.41) is 0. The minimum absolute atomic E-state index is 0. The van der Waals surface area contributed by atoms with E-state index < -0.39 is 0 Å². The number of ether oxygens (including phenoxy) is 2. The van der Waals surface area contributed by atoms with Crippen LogP contribution in [0.2, 0.25) is 0 Å². The van der Waals surface area contributed by atoms with Crippen molar-refractivity contribution in [3.63, 3.8) is 0 Å². The van der Waals surface area contributed by atoms with Crippen LogP contribution in [0.4, 0.5) is 0 Å². The number of nitrogens with zero attached hydrogens (tertiary/aromatic N) is 1. The zero-order valence-corrected chi connectivity index (χ0v) is 18.0. The fourth-order valence-electron chi connectivity index (χ4n) is 2.56. The van der Waals surface area contributed by atoms with Gasteiger partial charge in [0, 0.05) is 0 Å². The van der Waals surface area contributed by atoms with Crippen LogP contribution in [-0.4, -0.2) is 44.9 Å². The molecule has 1 aromatic carbocycles. The largest absolute Gasteiger partial charge is 1.00 e. The van der Waals surface area contributed by atoms with Crippen molar-refractivity contribution in [3.05, 3.63) is 29.8 Å². The van der Waals surface area contributed by atoms with Crippen LogP contribution in [-0.2, 0) is 4.74 Å². The molecule has 1 rings (SSSR count). The minimum Gasteiger partial charge on any atom is -1.00 e. The highest BCUT2D eigenvalue weighted by atomic mass is 127. The van der Waals surface area contributed by atoms with Crippen LogP contribution >= 0.6 is 0 Å². The molecule has 0 bridgehead atoms. The third-order valence-electron chi connectivity index (χ3n) is 4.65. The Labute approximate surface area is 160 Å². The van der Waals surface area contributed by atoms with E-state index in [1.165, 1.54) is 5.56 Å². The van der Waals surface area contributed by atoms with Crippen molar-refractivity contribution in [2.75, 3.05) is 40.4 Å². The topological polar surface area (TPSA) is 18.5 Å². The smallest absolute Gasteiger partial charge is 0.118 e. The van der Waals surface area contributed by atoms with Crippen LogP contribution in [0.15, 0.2) is 24.3 Å². The lowest BCUT2D eigenvalue weighted by molar-refractivity contribution is -0.906. The van der Waals surface area contributed by atoms with Crippen LogP contribution in [0, 0.1) is 5.41 Å². The zero-order valence-electron chi connectivity index (χ0n) is 15.9. The first-order chi connectivity index (χ1) is 10.3. The van der Waals surface area contributed by atoms with E-state index in [0.29, 0.717) is 0 Å². The van der Waals surface area contributed by atoms with Crippen LogP contribution in [0.25, 0.3) is 0 Å². The number of rotatable bonds is 8. The predicted octanol–water partition coefficient (Wildman–Crippen LogP) is 1.29. The summed E-state index contributed by atoms with van der Waals surface area (Å²) in [7, 11) is 3.99. The quantitative estimate of drug-likeness (QED) is 0.453. The Hall–Kier alpha value is -0.330. The van der Waals surface area contributed by atoms with Gasteiger partial charge < -0.3 is 37.9 Å². The summed E-state index contributed by atoms with van der Waals surface area (Å²) in [6, 6.07) is 8.25. The van der Waals surface area contributed by atoms with Gasteiger partial charge in [0.1, 0.15) is 12.3 Å². The molecule has 0 saturated carbocycles. The third kappa shape index (κ3) is 6.98. The molecule has 0 fully saturated rings. The molecule has 0 radical (unpaired) electrons. The van der Waals surface area contributed by atoms with E-state index in [9.17, 15) is 0 Å². The summed E-state index contributed by atoms with van der Waals surface area (Å²) in [5.74, 6) is 0.887. The van der Waals surface area contributed by atoms with Crippen molar-refractivity contribution in [2.24, 2.45) is 5.41 Å². The average Bonchev–Trinajstić information content (AvgIpc) is 2.50. The first-order valence-corrected chi connectivity index (χ1v) is 8.35. The highest BCUT2D eigenvalue weighted by molar-refractivity contribution is 5.29. The maximum absolute atomic E-state index is 6.31. The van der Waals surface area contributed by atoms with Crippen molar-refractivity contribution in [3.8, 4) is 5.75 Å². The SMILES string of the molecule is CC[N+](C)(CC)CCOC(c1ccc(OC)cc1)C(C)(C)C.[I-]. The Kier molecular flexibility index (Phi) is 9.70. The minimum atomic E-state index is 0. The van der Waals surface area contributed by atoms with Gasteiger partial charge in [-0.3, -0.25) is 0 Å². The molecule has 4 heteroatoms. The van der Waals surface area contributed by atoms with Gasteiger partial charge in [-0.05, 0) is 37.0 Å². The lowest BCUT2D eigenvalue weighted by Gasteiger charge is -2.35. The molecule has 0 heterocycles. The third-order valence-corrected chi connectivity index (χ3v) is 4.65. The molecule has 0 aromatic heterocycles. The lowest BCUT2D eigenvalue weighted by Crippen LogP contribution is -3.00. The van der Waals surface area contributed by atoms with E-state index in [1.807, 2.05) is 12.1 Å². The summed E-state index contributed by atoms with van der Waals surface area (Å²) in [6.07, 6.45) is 0.0977. The molecule has 134 valence electrons. The van der Waals surface area contributed by atoms with Crippen molar-refractivity contribution >= 4 is 0 Å². The van der Waals surface area contributed by atoms with Gasteiger partial charge in [-0.2, -0.15) is 0 Å². The number of quaternary nitrogens is 1. The highest BCUT2D eigenvalue weighted by Gasteiger charge is 2.28. The molecule has 0 amide bonds. The van der Waals surface area contributed by atoms with Gasteiger partial charge in [0.15, 0.2) is 0 Å². The summed E-state index contributed by atoms with van der Waals surface area (Å²) in [4.78, 5) is 0. The number of hydrogen-bond donors (Lipinski definition) is 0. The number of hydrogen-bond acceptors (Lipinski definition) is 2. The molecular weight excluding hydrogens is 401 g/mol. The normalized spacial score (nSPS) is 13.3. The molecule has 3 nitrogen and oxygen atoms in total. The predicted molar refractivity (Wildman–Crippen MR) is 93.3 cm³/mol. The van der Waals surface area contributed by atoms with Gasteiger partial charge in [-0.1, -0.05) is 32.9 Å². The average molecular weight is 435 g/mol. The van der Waals surface area contributed by atoms with Crippen LogP contribution in [0.1, 0.15) is 46.3 Å². The molecule has 0 N–H and O–H groups in total. The monoisotopic (exact) mass is 435 g/mol. The van der Waals surface area contributed by atoms with Gasteiger partial charge in [-0.25, -0.2) is 0 Å². The molecule has 0 saturated heterocycles. The second kappa shape index (κ2) is 9.84. The zero-order chi connectivity index (χ0) is 16.8. The van der Waals surface area contributed by atoms with Crippen molar-refractivity contribution in [1.29, 1.82) is 0 Å². The molecule has 0 spiro atoms. The van der Waals surface area contributed by atoms with E-state index in [-0.39, 0.29) is 35.5 Å². The molecule has 0 aliphatic rings. The lowest BCUT2D eigenvalue weighted by atomic mass is 9.84. The number of methoxy groups -OCH3 is 1. The molecule has 23 heavy (non-hydrogen) atoms. The van der Waals surface area contributed by atoms with Gasteiger partial charge in [0.25, 0.3) is 0 Å². The molecule has 1 unspecified atom stereocenters. The first-order valence-electron chi connectivity index (χ1n) is 8.35. The number of halogens is 1. The summed E-state index contributed by atoms with van der Waals surface area (Å²) in [6.45, 7) is 15.3. The maximum atomic E-state index is 6.31. The van der Waals surface area contributed by atoms with Gasteiger partial charge in [-0.15, -0.1) is 0 Å².